The van der Waals surface area contributed by atoms with Crippen molar-refractivity contribution in [2.24, 2.45) is 0 Å². The zero-order chi connectivity index (χ0) is 33.5. The van der Waals surface area contributed by atoms with E-state index < -0.39 is 65.8 Å². The molecule has 0 spiro atoms. The monoisotopic (exact) mass is 520 g/mol. The molecule has 2 heteroatoms. The topological polar surface area (TPSA) is 0 Å². The number of hydrogen-bond acceptors (Lipinski definition) is 1. The lowest BCUT2D eigenvalue weighted by Gasteiger charge is -2.34. The zero-order valence-electron chi connectivity index (χ0n) is 29.3. The van der Waals surface area contributed by atoms with Gasteiger partial charge in [0, 0.05) is 20.3 Å². The van der Waals surface area contributed by atoms with Crippen LogP contribution in [0.4, 0.5) is 0 Å². The molecule has 6 aromatic rings. The number of hydrogen-bond donors (Lipinski definition) is 0. The van der Waals surface area contributed by atoms with Crippen molar-refractivity contribution in [3.8, 4) is 32.0 Å². The van der Waals surface area contributed by atoms with E-state index in [1.807, 2.05) is 60.7 Å². The van der Waals surface area contributed by atoms with Gasteiger partial charge in [-0.1, -0.05) is 139 Å². The molecule has 0 fully saturated rings. The number of benzene rings is 5. The van der Waals surface area contributed by atoms with E-state index in [0.717, 1.165) is 16.0 Å². The first-order valence-corrected chi connectivity index (χ1v) is 12.9. The maximum absolute atomic E-state index is 9.29. The van der Waals surface area contributed by atoms with Gasteiger partial charge in [-0.05, 0) is 51.1 Å². The Hall–Kier alpha value is -3.91. The second kappa shape index (κ2) is 8.88. The average Bonchev–Trinajstić information content (AvgIpc) is 3.61. The maximum atomic E-state index is 9.29. The third-order valence-corrected chi connectivity index (χ3v) is 8.28. The van der Waals surface area contributed by atoms with Crippen LogP contribution in [0.2, 0.25) is 5.02 Å². The van der Waals surface area contributed by atoms with Gasteiger partial charge in [-0.25, -0.2) is 0 Å². The van der Waals surface area contributed by atoms with E-state index in [4.69, 9.17) is 19.8 Å². The molecule has 0 nitrogen and oxygen atoms in total. The molecular formula is C35H23ClS. The molecule has 0 saturated heterocycles. The van der Waals surface area contributed by atoms with Crippen LogP contribution in [-0.2, 0) is 5.41 Å². The van der Waals surface area contributed by atoms with Gasteiger partial charge in [-0.3, -0.25) is 0 Å². The predicted octanol–water partition coefficient (Wildman–Crippen LogP) is 10.1. The van der Waals surface area contributed by atoms with E-state index in [9.17, 15) is 5.48 Å². The fraction of sp³-hybridized carbons (Fsp3) is 0.0286. The van der Waals surface area contributed by atoms with E-state index in [1.165, 1.54) is 11.3 Å². The lowest BCUT2D eigenvalue weighted by Crippen LogP contribution is -2.28. The molecule has 1 aliphatic carbocycles. The van der Waals surface area contributed by atoms with E-state index in [-0.39, 0.29) is 16.1 Å². The summed E-state index contributed by atoms with van der Waals surface area (Å²) in [7, 11) is 0. The molecule has 0 radical (unpaired) electrons. The first-order valence-electron chi connectivity index (χ1n) is 16.7. The predicted molar refractivity (Wildman–Crippen MR) is 158 cm³/mol. The minimum absolute atomic E-state index is 0.223. The lowest BCUT2D eigenvalue weighted by atomic mass is 9.67. The van der Waals surface area contributed by atoms with Crippen molar-refractivity contribution < 1.29 is 13.7 Å². The van der Waals surface area contributed by atoms with Crippen LogP contribution in [0, 0.1) is 0 Å². The third-order valence-electron chi connectivity index (χ3n) is 6.76. The Morgan fingerprint density at radius 3 is 1.73 bits per heavy atom. The van der Waals surface area contributed by atoms with Gasteiger partial charge < -0.3 is 0 Å². The summed E-state index contributed by atoms with van der Waals surface area (Å²) in [5, 5.41) is 0.268. The van der Waals surface area contributed by atoms with E-state index in [2.05, 4.69) is 0 Å². The standard InChI is InChI=1S/C35H23ClS/c36-28-21-22-29-30(23-28)35(26-17-9-3-10-18-26,27-19-11-4-12-20-27)32-31(29)33(24-13-5-1-6-14-24)37-34(32)25-15-7-2-8-16-25/h1-23H/i3D,4D,9D,10D,11D,12D,17D,18D,19D,20D. The van der Waals surface area contributed by atoms with E-state index in [0.29, 0.717) is 27.1 Å². The molecular weight excluding hydrogens is 488 g/mol. The Balaban J connectivity index is 1.85. The highest BCUT2D eigenvalue weighted by Gasteiger charge is 2.50. The van der Waals surface area contributed by atoms with Crippen molar-refractivity contribution >= 4 is 22.9 Å². The molecule has 0 unspecified atom stereocenters. The molecule has 0 atom stereocenters. The molecule has 1 aliphatic rings. The Morgan fingerprint density at radius 1 is 0.622 bits per heavy atom. The van der Waals surface area contributed by atoms with Crippen molar-refractivity contribution in [3.05, 3.63) is 167 Å². The Bertz CT molecular complexity index is 2140. The second-order valence-corrected chi connectivity index (χ2v) is 10.1. The van der Waals surface area contributed by atoms with Gasteiger partial charge in [0.05, 0.1) is 19.1 Å². The van der Waals surface area contributed by atoms with Crippen LogP contribution in [0.25, 0.3) is 32.0 Å². The summed E-state index contributed by atoms with van der Waals surface area (Å²) in [5.41, 5.74) is 1.28. The second-order valence-electron chi connectivity index (χ2n) is 8.68. The number of halogens is 1. The number of fused-ring (bicyclic) bond motifs is 3. The van der Waals surface area contributed by atoms with Crippen molar-refractivity contribution in [2.75, 3.05) is 0 Å². The summed E-state index contributed by atoms with van der Waals surface area (Å²) in [4.78, 5) is 1.47. The van der Waals surface area contributed by atoms with Gasteiger partial charge in [0.25, 0.3) is 0 Å². The van der Waals surface area contributed by atoms with Crippen LogP contribution in [0.3, 0.4) is 0 Å². The Morgan fingerprint density at radius 2 is 1.16 bits per heavy atom. The fourth-order valence-electron chi connectivity index (χ4n) is 5.33. The summed E-state index contributed by atoms with van der Waals surface area (Å²) >= 11 is 8.13. The van der Waals surface area contributed by atoms with Crippen molar-refractivity contribution in [3.63, 3.8) is 0 Å². The third kappa shape index (κ3) is 3.35. The van der Waals surface area contributed by atoms with Crippen LogP contribution in [-0.4, -0.2) is 0 Å². The molecule has 0 aliphatic heterocycles. The zero-order valence-corrected chi connectivity index (χ0v) is 20.9. The van der Waals surface area contributed by atoms with Gasteiger partial charge >= 0.3 is 0 Å². The SMILES string of the molecule is [2H]c1c([2H])c([2H])c(C2(c3c([2H])c([2H])c([2H])c([2H])c3[2H])c3cc(Cl)ccc3-c3c(-c4ccccc4)sc(-c4ccccc4)c32)c([2H])c1[2H]. The fourth-order valence-corrected chi connectivity index (χ4v) is 6.89. The molecule has 5 aromatic carbocycles. The first-order chi connectivity index (χ1) is 22.4. The molecule has 1 heterocycles. The Kier molecular flexibility index (Phi) is 3.39. The minimum Gasteiger partial charge on any atom is -0.134 e. The van der Waals surface area contributed by atoms with E-state index in [1.54, 1.807) is 18.2 Å². The quantitative estimate of drug-likeness (QED) is 0.216. The molecule has 176 valence electrons. The summed E-state index contributed by atoms with van der Waals surface area (Å²) in [6.45, 7) is 0. The summed E-state index contributed by atoms with van der Waals surface area (Å²) in [5.74, 6) is 0. The van der Waals surface area contributed by atoms with Gasteiger partial charge in [0.15, 0.2) is 0 Å². The highest BCUT2D eigenvalue weighted by molar-refractivity contribution is 7.19. The van der Waals surface area contributed by atoms with Crippen molar-refractivity contribution in [1.29, 1.82) is 0 Å². The summed E-state index contributed by atoms with van der Waals surface area (Å²) < 4.78 is 88.8. The van der Waals surface area contributed by atoms with Gasteiger partial charge in [0.1, 0.15) is 0 Å². The molecule has 7 rings (SSSR count). The van der Waals surface area contributed by atoms with Crippen LogP contribution in [0.15, 0.2) is 139 Å². The Labute approximate surface area is 240 Å². The highest BCUT2D eigenvalue weighted by atomic mass is 35.5. The molecule has 0 N–H and O–H groups in total. The van der Waals surface area contributed by atoms with Crippen LogP contribution in [0.5, 0.6) is 0 Å². The maximum Gasteiger partial charge on any atom is 0.0728 e. The largest absolute Gasteiger partial charge is 0.134 e. The summed E-state index contributed by atoms with van der Waals surface area (Å²) in [6.07, 6.45) is 0. The van der Waals surface area contributed by atoms with Gasteiger partial charge in [-0.15, -0.1) is 11.3 Å². The molecule has 1 aromatic heterocycles. The van der Waals surface area contributed by atoms with Crippen LogP contribution in [0.1, 0.15) is 36.0 Å². The van der Waals surface area contributed by atoms with Crippen LogP contribution >= 0.6 is 22.9 Å². The first kappa shape index (κ1) is 14.1. The molecule has 0 amide bonds. The smallest absolute Gasteiger partial charge is 0.0728 e. The molecule has 0 saturated carbocycles. The molecule has 0 bridgehead atoms. The number of thiophene rings is 1. The van der Waals surface area contributed by atoms with Crippen LogP contribution < -0.4 is 0 Å². The van der Waals surface area contributed by atoms with Gasteiger partial charge in [0.2, 0.25) is 0 Å². The summed E-state index contributed by atoms with van der Waals surface area (Å²) in [6, 6.07) is 18.2. The lowest BCUT2D eigenvalue weighted by molar-refractivity contribution is 0.773. The molecule has 37 heavy (non-hydrogen) atoms. The average molecular weight is 521 g/mol. The normalized spacial score (nSPS) is 17.0. The van der Waals surface area contributed by atoms with E-state index >= 15 is 0 Å². The van der Waals surface area contributed by atoms with Gasteiger partial charge in [-0.2, -0.15) is 0 Å². The van der Waals surface area contributed by atoms with Crippen molar-refractivity contribution in [1.82, 2.24) is 0 Å². The minimum atomic E-state index is -1.98. The number of rotatable bonds is 4. The highest BCUT2D eigenvalue weighted by Crippen LogP contribution is 2.64. The van der Waals surface area contributed by atoms with Crippen molar-refractivity contribution in [2.45, 2.75) is 5.41 Å².